The molecule has 0 aromatic rings. The summed E-state index contributed by atoms with van der Waals surface area (Å²) in [6.07, 6.45) is 0.796. The number of hydrogen-bond donors (Lipinski definition) is 2. The Hall–Kier alpha value is -0.170. The summed E-state index contributed by atoms with van der Waals surface area (Å²) < 4.78 is 30.0. The summed E-state index contributed by atoms with van der Waals surface area (Å²) in [4.78, 5) is 0. The second-order valence-corrected chi connectivity index (χ2v) is 4.79. The van der Waals surface area contributed by atoms with Gasteiger partial charge >= 0.3 is 0 Å². The minimum absolute atomic E-state index is 0.0421. The number of nitrogens with one attached hydrogen (secondary N) is 2. The van der Waals surface area contributed by atoms with Gasteiger partial charge in [-0.1, -0.05) is 0 Å². The van der Waals surface area contributed by atoms with Gasteiger partial charge in [-0.2, -0.15) is 0 Å². The van der Waals surface area contributed by atoms with E-state index in [2.05, 4.69) is 10.0 Å². The zero-order valence-electron chi connectivity index (χ0n) is 8.88. The van der Waals surface area contributed by atoms with Crippen LogP contribution in [0.1, 0.15) is 13.3 Å². The van der Waals surface area contributed by atoms with Crippen molar-refractivity contribution >= 4 is 10.0 Å². The highest BCUT2D eigenvalue weighted by Gasteiger charge is 2.08. The van der Waals surface area contributed by atoms with Gasteiger partial charge in [-0.3, -0.25) is 0 Å². The average Bonchev–Trinajstić information content (AvgIpc) is 2.13. The maximum atomic E-state index is 11.3. The Morgan fingerprint density at radius 1 is 1.29 bits per heavy atom. The summed E-state index contributed by atoms with van der Waals surface area (Å²) in [7, 11) is -1.30. The summed E-state index contributed by atoms with van der Waals surface area (Å²) in [6.45, 7) is 3.95. The minimum Gasteiger partial charge on any atom is -0.381 e. The second kappa shape index (κ2) is 8.16. The van der Waals surface area contributed by atoms with Gasteiger partial charge in [0.15, 0.2) is 0 Å². The molecule has 0 spiro atoms. The van der Waals surface area contributed by atoms with Gasteiger partial charge in [0, 0.05) is 13.2 Å². The van der Waals surface area contributed by atoms with Crippen molar-refractivity contribution in [3.8, 4) is 0 Å². The highest BCUT2D eigenvalue weighted by atomic mass is 32.2. The average molecular weight is 224 g/mol. The van der Waals surface area contributed by atoms with Crippen molar-refractivity contribution in [2.24, 2.45) is 0 Å². The Balaban J connectivity index is 3.52. The van der Waals surface area contributed by atoms with Crippen LogP contribution in [0.2, 0.25) is 0 Å². The Morgan fingerprint density at radius 2 is 2.00 bits per heavy atom. The zero-order chi connectivity index (χ0) is 10.9. The first-order valence-corrected chi connectivity index (χ1v) is 6.47. The van der Waals surface area contributed by atoms with Crippen molar-refractivity contribution in [3.05, 3.63) is 0 Å². The summed E-state index contributed by atoms with van der Waals surface area (Å²) in [6, 6.07) is 0. The molecule has 0 saturated heterocycles. The van der Waals surface area contributed by atoms with Gasteiger partial charge in [0.05, 0.1) is 12.4 Å². The van der Waals surface area contributed by atoms with Crippen LogP contribution in [0, 0.1) is 0 Å². The molecule has 0 amide bonds. The molecule has 0 saturated carbocycles. The van der Waals surface area contributed by atoms with Crippen LogP contribution in [0.4, 0.5) is 0 Å². The van der Waals surface area contributed by atoms with Crippen LogP contribution >= 0.6 is 0 Å². The fraction of sp³-hybridized carbons (Fsp3) is 1.00. The van der Waals surface area contributed by atoms with Gasteiger partial charge in [-0.15, -0.1) is 0 Å². The molecular formula is C8H20N2O3S. The summed E-state index contributed by atoms with van der Waals surface area (Å²) in [5.74, 6) is 0.0421. The van der Waals surface area contributed by atoms with Crippen LogP contribution in [-0.4, -0.2) is 47.5 Å². The topological polar surface area (TPSA) is 67.4 Å². The zero-order valence-corrected chi connectivity index (χ0v) is 9.69. The number of sulfonamides is 1. The third kappa shape index (κ3) is 8.43. The van der Waals surface area contributed by atoms with Crippen molar-refractivity contribution in [1.29, 1.82) is 0 Å². The molecule has 0 rings (SSSR count). The third-order valence-corrected chi connectivity index (χ3v) is 2.97. The predicted octanol–water partition coefficient (Wildman–Crippen LogP) is -0.448. The first-order valence-electron chi connectivity index (χ1n) is 4.82. The first-order chi connectivity index (χ1) is 6.62. The van der Waals surface area contributed by atoms with Crippen LogP contribution in [0.5, 0.6) is 0 Å². The Labute approximate surface area is 86.3 Å². The van der Waals surface area contributed by atoms with Gasteiger partial charge in [-0.25, -0.2) is 13.1 Å². The van der Waals surface area contributed by atoms with Crippen molar-refractivity contribution < 1.29 is 13.2 Å². The molecule has 5 nitrogen and oxygen atoms in total. The van der Waals surface area contributed by atoms with Gasteiger partial charge in [0.25, 0.3) is 0 Å². The van der Waals surface area contributed by atoms with Gasteiger partial charge in [0.1, 0.15) is 0 Å². The van der Waals surface area contributed by atoms with Crippen LogP contribution in [0.25, 0.3) is 0 Å². The van der Waals surface area contributed by atoms with Gasteiger partial charge in [-0.05, 0) is 26.9 Å². The first kappa shape index (κ1) is 13.8. The van der Waals surface area contributed by atoms with Crippen molar-refractivity contribution in [2.75, 3.05) is 39.1 Å². The molecule has 86 valence electrons. The van der Waals surface area contributed by atoms with Crippen molar-refractivity contribution in [3.63, 3.8) is 0 Å². The highest BCUT2D eigenvalue weighted by molar-refractivity contribution is 7.89. The van der Waals surface area contributed by atoms with E-state index in [1.54, 1.807) is 0 Å². The lowest BCUT2D eigenvalue weighted by molar-refractivity contribution is 0.163. The monoisotopic (exact) mass is 224 g/mol. The summed E-state index contributed by atoms with van der Waals surface area (Å²) in [5, 5.41) is 2.95. The largest absolute Gasteiger partial charge is 0.381 e. The molecule has 14 heavy (non-hydrogen) atoms. The Kier molecular flexibility index (Phi) is 8.07. The molecule has 0 aromatic heterocycles. The second-order valence-electron chi connectivity index (χ2n) is 2.87. The Bertz CT molecular complexity index is 217. The highest BCUT2D eigenvalue weighted by Crippen LogP contribution is 1.86. The van der Waals surface area contributed by atoms with Crippen LogP contribution in [-0.2, 0) is 14.8 Å². The van der Waals surface area contributed by atoms with E-state index in [0.29, 0.717) is 13.2 Å². The van der Waals surface area contributed by atoms with E-state index in [0.717, 1.165) is 13.0 Å². The molecule has 0 aromatic carbocycles. The molecule has 0 aliphatic carbocycles. The number of ether oxygens (including phenoxy) is 1. The molecular weight excluding hydrogens is 204 g/mol. The molecule has 0 radical (unpaired) electrons. The molecule has 0 bridgehead atoms. The molecule has 0 aliphatic heterocycles. The van der Waals surface area contributed by atoms with E-state index >= 15 is 0 Å². The third-order valence-electron chi connectivity index (χ3n) is 1.63. The molecule has 0 atom stereocenters. The quantitative estimate of drug-likeness (QED) is 0.521. The van der Waals surface area contributed by atoms with E-state index in [4.69, 9.17) is 4.74 Å². The molecule has 6 heteroatoms. The SMILES string of the molecule is CCOCCS(=O)(=O)NCCCNC. The fourth-order valence-electron chi connectivity index (χ4n) is 0.878. The van der Waals surface area contributed by atoms with E-state index in [9.17, 15) is 8.42 Å². The standard InChI is InChI=1S/C8H20N2O3S/c1-3-13-7-8-14(11,12)10-6-4-5-9-2/h9-10H,3-8H2,1-2H3. The molecule has 0 unspecified atom stereocenters. The summed E-state index contributed by atoms with van der Waals surface area (Å²) in [5.41, 5.74) is 0. The fourth-order valence-corrected chi connectivity index (χ4v) is 1.81. The smallest absolute Gasteiger partial charge is 0.213 e. The van der Waals surface area contributed by atoms with Crippen molar-refractivity contribution in [2.45, 2.75) is 13.3 Å². The molecule has 0 aliphatic rings. The number of rotatable bonds is 9. The molecule has 0 heterocycles. The lowest BCUT2D eigenvalue weighted by Gasteiger charge is -2.06. The minimum atomic E-state index is -3.14. The van der Waals surface area contributed by atoms with E-state index in [1.165, 1.54) is 0 Å². The van der Waals surface area contributed by atoms with Crippen LogP contribution in [0.3, 0.4) is 0 Å². The van der Waals surface area contributed by atoms with Crippen LogP contribution in [0.15, 0.2) is 0 Å². The summed E-state index contributed by atoms with van der Waals surface area (Å²) >= 11 is 0. The van der Waals surface area contributed by atoms with Crippen molar-refractivity contribution in [1.82, 2.24) is 10.0 Å². The number of hydrogen-bond acceptors (Lipinski definition) is 4. The maximum Gasteiger partial charge on any atom is 0.213 e. The van der Waals surface area contributed by atoms with E-state index in [1.807, 2.05) is 14.0 Å². The Morgan fingerprint density at radius 3 is 2.57 bits per heavy atom. The lowest BCUT2D eigenvalue weighted by Crippen LogP contribution is -2.30. The molecule has 0 fully saturated rings. The van der Waals surface area contributed by atoms with Gasteiger partial charge in [0.2, 0.25) is 10.0 Å². The maximum absolute atomic E-state index is 11.3. The lowest BCUT2D eigenvalue weighted by atomic mass is 10.4. The normalized spacial score (nSPS) is 11.9. The van der Waals surface area contributed by atoms with E-state index < -0.39 is 10.0 Å². The predicted molar refractivity (Wildman–Crippen MR) is 56.8 cm³/mol. The molecule has 2 N–H and O–H groups in total. The van der Waals surface area contributed by atoms with Gasteiger partial charge < -0.3 is 10.1 Å². The van der Waals surface area contributed by atoms with E-state index in [-0.39, 0.29) is 12.4 Å². The van der Waals surface area contributed by atoms with Crippen LogP contribution < -0.4 is 10.0 Å².